The SMILES string of the molecule is O=C(O)c1cc2c(cc1C(=O)NCc1ccccc1)C(=O)OC2=O. The molecule has 2 N–H and O–H groups in total. The molecule has 0 aromatic heterocycles. The molecule has 0 aliphatic carbocycles. The third-order valence-electron chi connectivity index (χ3n) is 3.55. The lowest BCUT2D eigenvalue weighted by molar-refractivity contribution is 0.0443. The molecule has 1 aliphatic heterocycles. The minimum absolute atomic E-state index is 0.116. The number of hydrogen-bond donors (Lipinski definition) is 2. The molecule has 120 valence electrons. The van der Waals surface area contributed by atoms with Crippen molar-refractivity contribution in [3.63, 3.8) is 0 Å². The Morgan fingerprint density at radius 3 is 2.12 bits per heavy atom. The summed E-state index contributed by atoms with van der Waals surface area (Å²) < 4.78 is 4.43. The van der Waals surface area contributed by atoms with Crippen molar-refractivity contribution in [2.45, 2.75) is 6.54 Å². The second-order valence-electron chi connectivity index (χ2n) is 5.09. The van der Waals surface area contributed by atoms with Crippen molar-refractivity contribution in [2.24, 2.45) is 0 Å². The normalized spacial score (nSPS) is 12.5. The Morgan fingerprint density at radius 1 is 0.958 bits per heavy atom. The van der Waals surface area contributed by atoms with Gasteiger partial charge in [-0.05, 0) is 17.7 Å². The monoisotopic (exact) mass is 325 g/mol. The fourth-order valence-electron chi connectivity index (χ4n) is 2.37. The summed E-state index contributed by atoms with van der Waals surface area (Å²) in [5, 5.41) is 11.9. The topological polar surface area (TPSA) is 110 Å². The molecule has 24 heavy (non-hydrogen) atoms. The number of carboxylic acid groups (broad SMARTS) is 1. The second kappa shape index (κ2) is 5.96. The average Bonchev–Trinajstić information content (AvgIpc) is 2.86. The van der Waals surface area contributed by atoms with E-state index in [1.807, 2.05) is 6.07 Å². The summed E-state index contributed by atoms with van der Waals surface area (Å²) in [7, 11) is 0. The molecule has 2 aromatic carbocycles. The van der Waals surface area contributed by atoms with Crippen LogP contribution in [0.3, 0.4) is 0 Å². The number of rotatable bonds is 4. The first kappa shape index (κ1) is 15.4. The number of aromatic carboxylic acids is 1. The predicted molar refractivity (Wildman–Crippen MR) is 80.8 cm³/mol. The van der Waals surface area contributed by atoms with Crippen LogP contribution in [0.25, 0.3) is 0 Å². The van der Waals surface area contributed by atoms with Gasteiger partial charge in [-0.1, -0.05) is 30.3 Å². The van der Waals surface area contributed by atoms with Crippen molar-refractivity contribution < 1.29 is 29.0 Å². The molecule has 2 aromatic rings. The van der Waals surface area contributed by atoms with E-state index in [0.29, 0.717) is 0 Å². The fourth-order valence-corrected chi connectivity index (χ4v) is 2.37. The summed E-state index contributed by atoms with van der Waals surface area (Å²) in [6, 6.07) is 11.1. The minimum atomic E-state index is -1.38. The molecule has 1 aliphatic rings. The first-order valence-corrected chi connectivity index (χ1v) is 6.97. The number of ether oxygens (including phenoxy) is 1. The highest BCUT2D eigenvalue weighted by atomic mass is 16.6. The van der Waals surface area contributed by atoms with E-state index in [2.05, 4.69) is 10.1 Å². The fraction of sp³-hybridized carbons (Fsp3) is 0.0588. The molecule has 1 heterocycles. The molecule has 3 rings (SSSR count). The van der Waals surface area contributed by atoms with Gasteiger partial charge in [0.1, 0.15) is 0 Å². The van der Waals surface area contributed by atoms with E-state index in [9.17, 15) is 24.3 Å². The number of nitrogens with one attached hydrogen (secondary N) is 1. The van der Waals surface area contributed by atoms with Crippen LogP contribution < -0.4 is 5.32 Å². The van der Waals surface area contributed by atoms with Crippen LogP contribution in [0.4, 0.5) is 0 Å². The largest absolute Gasteiger partial charge is 0.478 e. The van der Waals surface area contributed by atoms with Gasteiger partial charge in [0.15, 0.2) is 0 Å². The van der Waals surface area contributed by atoms with E-state index >= 15 is 0 Å². The lowest BCUT2D eigenvalue weighted by atomic mass is 9.98. The van der Waals surface area contributed by atoms with Crippen molar-refractivity contribution in [3.8, 4) is 0 Å². The van der Waals surface area contributed by atoms with Gasteiger partial charge in [0.05, 0.1) is 22.3 Å². The van der Waals surface area contributed by atoms with Crippen LogP contribution >= 0.6 is 0 Å². The van der Waals surface area contributed by atoms with Gasteiger partial charge in [-0.15, -0.1) is 0 Å². The third-order valence-corrected chi connectivity index (χ3v) is 3.55. The molecule has 0 spiro atoms. The standard InChI is InChI=1S/C17H11NO6/c19-14(18-8-9-4-2-1-3-5-9)10-6-12-13(7-11(10)15(20)21)17(23)24-16(12)22/h1-7H,8H2,(H,18,19)(H,20,21). The highest BCUT2D eigenvalue weighted by Gasteiger charge is 2.33. The van der Waals surface area contributed by atoms with E-state index in [1.54, 1.807) is 24.3 Å². The predicted octanol–water partition coefficient (Wildman–Crippen LogP) is 1.63. The highest BCUT2D eigenvalue weighted by Crippen LogP contribution is 2.24. The summed E-state index contributed by atoms with van der Waals surface area (Å²) >= 11 is 0. The number of carbonyl (C=O) groups excluding carboxylic acids is 3. The Labute approximate surface area is 135 Å². The Kier molecular flexibility index (Phi) is 3.83. The molecule has 0 unspecified atom stereocenters. The van der Waals surface area contributed by atoms with Crippen LogP contribution in [-0.4, -0.2) is 28.9 Å². The van der Waals surface area contributed by atoms with Gasteiger partial charge in [0.25, 0.3) is 5.91 Å². The number of amides is 1. The second-order valence-corrected chi connectivity index (χ2v) is 5.09. The summed E-state index contributed by atoms with van der Waals surface area (Å²) in [6.45, 7) is 0.194. The van der Waals surface area contributed by atoms with Gasteiger partial charge in [0.2, 0.25) is 0 Å². The van der Waals surface area contributed by atoms with Crippen molar-refractivity contribution >= 4 is 23.8 Å². The molecule has 0 saturated carbocycles. The van der Waals surface area contributed by atoms with Crippen LogP contribution in [-0.2, 0) is 11.3 Å². The number of carbonyl (C=O) groups is 4. The van der Waals surface area contributed by atoms with Crippen molar-refractivity contribution in [3.05, 3.63) is 70.3 Å². The van der Waals surface area contributed by atoms with Crippen LogP contribution in [0.1, 0.15) is 47.0 Å². The quantitative estimate of drug-likeness (QED) is 0.653. The third kappa shape index (κ3) is 2.74. The number of esters is 2. The van der Waals surface area contributed by atoms with Gasteiger partial charge < -0.3 is 15.2 Å². The zero-order chi connectivity index (χ0) is 17.3. The first-order valence-electron chi connectivity index (χ1n) is 6.97. The lowest BCUT2D eigenvalue weighted by Crippen LogP contribution is -2.25. The molecular weight excluding hydrogens is 314 g/mol. The molecule has 0 bridgehead atoms. The molecule has 0 fully saturated rings. The highest BCUT2D eigenvalue weighted by molar-refractivity contribution is 6.17. The number of carboxylic acids is 1. The molecular formula is C17H11NO6. The molecule has 7 nitrogen and oxygen atoms in total. The van der Waals surface area contributed by atoms with Crippen molar-refractivity contribution in [1.29, 1.82) is 0 Å². The zero-order valence-corrected chi connectivity index (χ0v) is 12.2. The molecule has 0 radical (unpaired) electrons. The van der Waals surface area contributed by atoms with Crippen molar-refractivity contribution in [2.75, 3.05) is 0 Å². The number of cyclic esters (lactones) is 2. The van der Waals surface area contributed by atoms with E-state index < -0.39 is 23.8 Å². The Morgan fingerprint density at radius 2 is 1.54 bits per heavy atom. The minimum Gasteiger partial charge on any atom is -0.478 e. The first-order chi connectivity index (χ1) is 11.5. The summed E-state index contributed by atoms with van der Waals surface area (Å²) in [4.78, 5) is 46.8. The van der Waals surface area contributed by atoms with Gasteiger partial charge in [-0.25, -0.2) is 14.4 Å². The van der Waals surface area contributed by atoms with Gasteiger partial charge in [-0.3, -0.25) is 4.79 Å². The van der Waals surface area contributed by atoms with E-state index in [1.165, 1.54) is 0 Å². The van der Waals surface area contributed by atoms with Gasteiger partial charge in [-0.2, -0.15) is 0 Å². The smallest absolute Gasteiger partial charge is 0.346 e. The van der Waals surface area contributed by atoms with Crippen LogP contribution in [0.2, 0.25) is 0 Å². The van der Waals surface area contributed by atoms with Crippen LogP contribution in [0.5, 0.6) is 0 Å². The van der Waals surface area contributed by atoms with E-state index in [0.717, 1.165) is 17.7 Å². The number of hydrogen-bond acceptors (Lipinski definition) is 5. The Balaban J connectivity index is 1.93. The Hall–Kier alpha value is -3.48. The van der Waals surface area contributed by atoms with Crippen LogP contribution in [0.15, 0.2) is 42.5 Å². The van der Waals surface area contributed by atoms with E-state index in [4.69, 9.17) is 0 Å². The maximum Gasteiger partial charge on any atom is 0.346 e. The molecule has 0 atom stereocenters. The lowest BCUT2D eigenvalue weighted by Gasteiger charge is -2.09. The maximum atomic E-state index is 12.3. The summed E-state index contributed by atoms with van der Waals surface area (Å²) in [5.74, 6) is -3.86. The average molecular weight is 325 g/mol. The summed E-state index contributed by atoms with van der Waals surface area (Å²) in [6.07, 6.45) is 0. The van der Waals surface area contributed by atoms with E-state index in [-0.39, 0.29) is 28.8 Å². The molecule has 7 heteroatoms. The van der Waals surface area contributed by atoms with Crippen molar-refractivity contribution in [1.82, 2.24) is 5.32 Å². The van der Waals surface area contributed by atoms with Crippen LogP contribution in [0, 0.1) is 0 Å². The zero-order valence-electron chi connectivity index (χ0n) is 12.2. The summed E-state index contributed by atoms with van der Waals surface area (Å²) in [5.41, 5.74) is -0.0138. The number of benzene rings is 2. The molecule has 0 saturated heterocycles. The van der Waals surface area contributed by atoms with Gasteiger partial charge >= 0.3 is 17.9 Å². The molecule has 1 amide bonds. The maximum absolute atomic E-state index is 12.3. The number of fused-ring (bicyclic) bond motifs is 1. The Bertz CT molecular complexity index is 872. The van der Waals surface area contributed by atoms with Gasteiger partial charge in [0, 0.05) is 6.54 Å².